The van der Waals surface area contributed by atoms with Crippen molar-refractivity contribution in [3.63, 3.8) is 0 Å². The van der Waals surface area contributed by atoms with E-state index >= 15 is 0 Å². The van der Waals surface area contributed by atoms with E-state index in [9.17, 15) is 8.42 Å². The van der Waals surface area contributed by atoms with Gasteiger partial charge in [0, 0.05) is 45.8 Å². The number of halogens is 1. The quantitative estimate of drug-likeness (QED) is 0.274. The van der Waals surface area contributed by atoms with Gasteiger partial charge in [-0.25, -0.2) is 8.42 Å². The molecule has 1 aliphatic rings. The number of sulfonamides is 1. The van der Waals surface area contributed by atoms with Gasteiger partial charge in [-0.2, -0.15) is 4.31 Å². The van der Waals surface area contributed by atoms with Crippen molar-refractivity contribution >= 4 is 40.0 Å². The van der Waals surface area contributed by atoms with E-state index < -0.39 is 10.0 Å². The molecular weight excluding hydrogens is 525 g/mol. The SMILES string of the molecule is CN=C(NCc1ccccc1S(=O)(=O)N1CCN(C)CC1)NC(C)CCCC(C)C.I. The van der Waals surface area contributed by atoms with Crippen LogP contribution < -0.4 is 10.6 Å². The Morgan fingerprint density at radius 3 is 2.35 bits per heavy atom. The summed E-state index contributed by atoms with van der Waals surface area (Å²) in [5, 5.41) is 6.70. The first kappa shape index (κ1) is 28.1. The second-order valence-electron chi connectivity index (χ2n) is 8.61. The van der Waals surface area contributed by atoms with Crippen LogP contribution in [0.1, 0.15) is 45.6 Å². The Hall–Kier alpha value is -0.910. The van der Waals surface area contributed by atoms with Crippen LogP contribution >= 0.6 is 24.0 Å². The van der Waals surface area contributed by atoms with Crippen LogP contribution in [0.25, 0.3) is 0 Å². The van der Waals surface area contributed by atoms with E-state index in [4.69, 9.17) is 0 Å². The maximum atomic E-state index is 13.2. The Morgan fingerprint density at radius 1 is 1.10 bits per heavy atom. The molecule has 0 aromatic heterocycles. The van der Waals surface area contributed by atoms with Gasteiger partial charge in [-0.15, -0.1) is 24.0 Å². The van der Waals surface area contributed by atoms with Crippen LogP contribution in [0.4, 0.5) is 0 Å². The summed E-state index contributed by atoms with van der Waals surface area (Å²) in [6, 6.07) is 7.55. The third kappa shape index (κ3) is 8.86. The van der Waals surface area contributed by atoms with Crippen LogP contribution in [-0.4, -0.2) is 69.9 Å². The first-order valence-electron chi connectivity index (χ1n) is 11.0. The van der Waals surface area contributed by atoms with E-state index in [1.54, 1.807) is 23.5 Å². The fourth-order valence-electron chi connectivity index (χ4n) is 3.58. The van der Waals surface area contributed by atoms with E-state index in [1.807, 2.05) is 19.2 Å². The monoisotopic (exact) mass is 565 g/mol. The minimum absolute atomic E-state index is 0. The van der Waals surface area contributed by atoms with Crippen LogP contribution in [0, 0.1) is 5.92 Å². The Bertz CT molecular complexity index is 793. The van der Waals surface area contributed by atoms with Crippen LogP contribution in [0.3, 0.4) is 0 Å². The highest BCUT2D eigenvalue weighted by Crippen LogP contribution is 2.21. The summed E-state index contributed by atoms with van der Waals surface area (Å²) in [6.45, 7) is 9.60. The molecule has 0 radical (unpaired) electrons. The second-order valence-corrected chi connectivity index (χ2v) is 10.5. The van der Waals surface area contributed by atoms with Crippen LogP contribution in [0.15, 0.2) is 34.2 Å². The van der Waals surface area contributed by atoms with Crippen LogP contribution in [0.5, 0.6) is 0 Å². The van der Waals surface area contributed by atoms with E-state index in [2.05, 4.69) is 41.3 Å². The van der Waals surface area contributed by atoms with Crippen molar-refractivity contribution in [2.75, 3.05) is 40.3 Å². The number of hydrogen-bond donors (Lipinski definition) is 2. The number of aliphatic imine (C=N–C) groups is 1. The smallest absolute Gasteiger partial charge is 0.243 e. The van der Waals surface area contributed by atoms with Gasteiger partial charge < -0.3 is 15.5 Å². The molecule has 1 fully saturated rings. The number of hydrogen-bond acceptors (Lipinski definition) is 4. The molecule has 2 rings (SSSR count). The normalized spacial score (nSPS) is 17.3. The highest BCUT2D eigenvalue weighted by Gasteiger charge is 2.29. The molecule has 1 saturated heterocycles. The molecule has 0 saturated carbocycles. The second kappa shape index (κ2) is 13.6. The third-order valence-electron chi connectivity index (χ3n) is 5.52. The number of guanidine groups is 1. The van der Waals surface area contributed by atoms with Crippen molar-refractivity contribution in [2.45, 2.75) is 57.5 Å². The lowest BCUT2D eigenvalue weighted by atomic mass is 10.0. The third-order valence-corrected chi connectivity index (χ3v) is 7.52. The largest absolute Gasteiger partial charge is 0.354 e. The molecule has 0 bridgehead atoms. The van der Waals surface area contributed by atoms with Crippen molar-refractivity contribution in [3.05, 3.63) is 29.8 Å². The number of piperazine rings is 1. The lowest BCUT2D eigenvalue weighted by molar-refractivity contribution is 0.222. The Balaban J connectivity index is 0.00000480. The predicted molar refractivity (Wildman–Crippen MR) is 140 cm³/mol. The minimum atomic E-state index is -3.51. The molecule has 0 amide bonds. The topological polar surface area (TPSA) is 77.0 Å². The average molecular weight is 566 g/mol. The molecule has 31 heavy (non-hydrogen) atoms. The Morgan fingerprint density at radius 2 is 1.74 bits per heavy atom. The maximum absolute atomic E-state index is 13.2. The Kier molecular flexibility index (Phi) is 12.3. The molecule has 9 heteroatoms. The number of nitrogens with zero attached hydrogens (tertiary/aromatic N) is 3. The van der Waals surface area contributed by atoms with Gasteiger partial charge in [0.05, 0.1) is 4.90 Å². The van der Waals surface area contributed by atoms with Crippen molar-refractivity contribution in [2.24, 2.45) is 10.9 Å². The van der Waals surface area contributed by atoms with Crippen molar-refractivity contribution in [3.8, 4) is 0 Å². The summed E-state index contributed by atoms with van der Waals surface area (Å²) in [6.07, 6.45) is 3.47. The lowest BCUT2D eigenvalue weighted by Gasteiger charge is -2.32. The molecule has 1 unspecified atom stereocenters. The maximum Gasteiger partial charge on any atom is 0.243 e. The molecule has 7 nitrogen and oxygen atoms in total. The number of nitrogens with one attached hydrogen (secondary N) is 2. The van der Waals surface area contributed by atoms with E-state index in [-0.39, 0.29) is 24.0 Å². The molecule has 1 aromatic carbocycles. The van der Waals surface area contributed by atoms with E-state index in [1.165, 1.54) is 12.8 Å². The van der Waals surface area contributed by atoms with Gasteiger partial charge in [0.2, 0.25) is 10.0 Å². The minimum Gasteiger partial charge on any atom is -0.354 e. The summed E-state index contributed by atoms with van der Waals surface area (Å²) in [4.78, 5) is 6.83. The zero-order chi connectivity index (χ0) is 22.1. The zero-order valence-corrected chi connectivity index (χ0v) is 22.7. The molecule has 2 N–H and O–H groups in total. The van der Waals surface area contributed by atoms with E-state index in [0.717, 1.165) is 25.1 Å². The van der Waals surface area contributed by atoms with E-state index in [0.29, 0.717) is 42.4 Å². The van der Waals surface area contributed by atoms with Crippen molar-refractivity contribution in [1.29, 1.82) is 0 Å². The first-order valence-corrected chi connectivity index (χ1v) is 12.4. The van der Waals surface area contributed by atoms with Crippen LogP contribution in [0.2, 0.25) is 0 Å². The molecule has 1 atom stereocenters. The lowest BCUT2D eigenvalue weighted by Crippen LogP contribution is -2.47. The molecule has 1 aromatic rings. The van der Waals surface area contributed by atoms with Gasteiger partial charge in [0.15, 0.2) is 5.96 Å². The van der Waals surface area contributed by atoms with Gasteiger partial charge in [-0.05, 0) is 37.9 Å². The molecule has 0 aliphatic carbocycles. The molecule has 1 aliphatic heterocycles. The molecule has 0 spiro atoms. The fraction of sp³-hybridized carbons (Fsp3) is 0.682. The molecule has 178 valence electrons. The van der Waals surface area contributed by atoms with Crippen LogP contribution in [-0.2, 0) is 16.6 Å². The van der Waals surface area contributed by atoms with Crippen molar-refractivity contribution in [1.82, 2.24) is 19.8 Å². The van der Waals surface area contributed by atoms with Gasteiger partial charge in [-0.1, -0.05) is 44.9 Å². The number of likely N-dealkylation sites (N-methyl/N-ethyl adjacent to an activating group) is 1. The molecule has 1 heterocycles. The van der Waals surface area contributed by atoms with Gasteiger partial charge in [0.1, 0.15) is 0 Å². The Labute approximate surface area is 206 Å². The number of benzene rings is 1. The van der Waals surface area contributed by atoms with Gasteiger partial charge in [0.25, 0.3) is 0 Å². The fourth-order valence-corrected chi connectivity index (χ4v) is 5.22. The standard InChI is InChI=1S/C22H39N5O2S.HI/c1-18(2)9-8-10-19(3)25-22(23-4)24-17-20-11-6-7-12-21(20)30(28,29)27-15-13-26(5)14-16-27;/h6-7,11-12,18-19H,8-10,13-17H2,1-5H3,(H2,23,24,25);1H. The van der Waals surface area contributed by atoms with Gasteiger partial charge in [-0.3, -0.25) is 4.99 Å². The zero-order valence-electron chi connectivity index (χ0n) is 19.6. The van der Waals surface area contributed by atoms with Gasteiger partial charge >= 0.3 is 0 Å². The predicted octanol–water partition coefficient (Wildman–Crippen LogP) is 3.12. The summed E-state index contributed by atoms with van der Waals surface area (Å²) < 4.78 is 28.0. The summed E-state index contributed by atoms with van der Waals surface area (Å²) in [5.74, 6) is 1.41. The summed E-state index contributed by atoms with van der Waals surface area (Å²) in [5.41, 5.74) is 0.756. The summed E-state index contributed by atoms with van der Waals surface area (Å²) >= 11 is 0. The average Bonchev–Trinajstić information content (AvgIpc) is 2.71. The first-order chi connectivity index (χ1) is 14.2. The number of rotatable bonds is 9. The molecular formula is C22H40IN5O2S. The summed E-state index contributed by atoms with van der Waals surface area (Å²) in [7, 11) is 0.250. The highest BCUT2D eigenvalue weighted by atomic mass is 127. The van der Waals surface area contributed by atoms with Crippen molar-refractivity contribution < 1.29 is 8.42 Å². The highest BCUT2D eigenvalue weighted by molar-refractivity contribution is 14.0.